The van der Waals surface area contributed by atoms with E-state index in [0.29, 0.717) is 19.0 Å². The van der Waals surface area contributed by atoms with E-state index in [9.17, 15) is 0 Å². The van der Waals surface area contributed by atoms with Crippen molar-refractivity contribution in [3.8, 4) is 5.69 Å². The number of hydrogen-bond acceptors (Lipinski definition) is 8. The van der Waals surface area contributed by atoms with Crippen molar-refractivity contribution in [3.63, 3.8) is 0 Å². The molecule has 0 atom stereocenters. The maximum atomic E-state index is 5.51. The molecular formula is C19H20N8OS. The van der Waals surface area contributed by atoms with E-state index < -0.39 is 0 Å². The molecule has 0 aliphatic carbocycles. The smallest absolute Gasteiger partial charge is 0.253 e. The van der Waals surface area contributed by atoms with Gasteiger partial charge in [0.05, 0.1) is 18.9 Å². The molecule has 0 unspecified atom stereocenters. The van der Waals surface area contributed by atoms with Crippen LogP contribution in [0.3, 0.4) is 0 Å². The highest BCUT2D eigenvalue weighted by molar-refractivity contribution is 7.99. The largest absolute Gasteiger partial charge is 0.378 e. The Balaban J connectivity index is 1.61. The fourth-order valence-corrected chi connectivity index (χ4v) is 4.27. The van der Waals surface area contributed by atoms with E-state index in [-0.39, 0.29) is 0 Å². The molecule has 0 bridgehead atoms. The number of aryl methyl sites for hydroxylation is 2. The van der Waals surface area contributed by atoms with Gasteiger partial charge in [-0.15, -0.1) is 10.2 Å². The third-order valence-corrected chi connectivity index (χ3v) is 5.69. The fourth-order valence-electron chi connectivity index (χ4n) is 3.28. The van der Waals surface area contributed by atoms with Gasteiger partial charge in [-0.3, -0.25) is 4.57 Å². The predicted molar refractivity (Wildman–Crippen MR) is 109 cm³/mol. The van der Waals surface area contributed by atoms with E-state index in [1.807, 2.05) is 13.0 Å². The van der Waals surface area contributed by atoms with Gasteiger partial charge in [0.15, 0.2) is 0 Å². The molecule has 0 spiro atoms. The van der Waals surface area contributed by atoms with Crippen LogP contribution >= 0.6 is 11.8 Å². The standard InChI is InChI=1S/C19H20N8OS/c1-13-3-5-15(6-4-13)26-18(25-7-9-28-10-8-25)23-24-19(26)29-16-11-14(2)22-17-20-12-21-27(16)17/h3-6,11-12H,7-10H2,1-2H3. The number of benzene rings is 1. The van der Waals surface area contributed by atoms with Crippen LogP contribution in [0.2, 0.25) is 0 Å². The van der Waals surface area contributed by atoms with Gasteiger partial charge in [0.2, 0.25) is 11.1 Å². The summed E-state index contributed by atoms with van der Waals surface area (Å²) in [5, 5.41) is 15.0. The summed E-state index contributed by atoms with van der Waals surface area (Å²) in [6, 6.07) is 10.4. The van der Waals surface area contributed by atoms with Crippen molar-refractivity contribution in [2.75, 3.05) is 31.2 Å². The van der Waals surface area contributed by atoms with Gasteiger partial charge >= 0.3 is 0 Å². The molecule has 3 aromatic heterocycles. The molecule has 0 amide bonds. The predicted octanol–water partition coefficient (Wildman–Crippen LogP) is 2.31. The highest BCUT2D eigenvalue weighted by atomic mass is 32.2. The lowest BCUT2D eigenvalue weighted by Gasteiger charge is -2.28. The third kappa shape index (κ3) is 3.45. The van der Waals surface area contributed by atoms with Gasteiger partial charge in [-0.05, 0) is 43.8 Å². The monoisotopic (exact) mass is 408 g/mol. The van der Waals surface area contributed by atoms with E-state index in [1.54, 1.807) is 4.52 Å². The molecule has 29 heavy (non-hydrogen) atoms. The minimum Gasteiger partial charge on any atom is -0.378 e. The van der Waals surface area contributed by atoms with Crippen molar-refractivity contribution < 1.29 is 4.74 Å². The average molecular weight is 408 g/mol. The Kier molecular flexibility index (Phi) is 4.64. The third-order valence-electron chi connectivity index (χ3n) is 4.75. The number of morpholine rings is 1. The molecular weight excluding hydrogens is 388 g/mol. The summed E-state index contributed by atoms with van der Waals surface area (Å²) in [5.41, 5.74) is 3.10. The number of hydrogen-bond donors (Lipinski definition) is 0. The first kappa shape index (κ1) is 18.1. The Bertz CT molecular complexity index is 1150. The lowest BCUT2D eigenvalue weighted by Crippen LogP contribution is -2.37. The highest BCUT2D eigenvalue weighted by Gasteiger charge is 2.23. The summed E-state index contributed by atoms with van der Waals surface area (Å²) >= 11 is 1.50. The molecule has 5 rings (SSSR count). The summed E-state index contributed by atoms with van der Waals surface area (Å²) in [5.74, 6) is 1.39. The van der Waals surface area contributed by atoms with Crippen LogP contribution in [0.1, 0.15) is 11.3 Å². The van der Waals surface area contributed by atoms with Crippen LogP contribution in [-0.2, 0) is 4.74 Å². The molecule has 1 aliphatic heterocycles. The molecule has 1 aliphatic rings. The average Bonchev–Trinajstić information content (AvgIpc) is 3.36. The zero-order valence-electron chi connectivity index (χ0n) is 16.2. The second-order valence-corrected chi connectivity index (χ2v) is 7.85. The molecule has 10 heteroatoms. The lowest BCUT2D eigenvalue weighted by atomic mass is 10.2. The van der Waals surface area contributed by atoms with Gasteiger partial charge in [-0.1, -0.05) is 17.7 Å². The number of anilines is 1. The van der Waals surface area contributed by atoms with E-state index >= 15 is 0 Å². The zero-order chi connectivity index (χ0) is 19.8. The molecule has 9 nitrogen and oxygen atoms in total. The zero-order valence-corrected chi connectivity index (χ0v) is 17.0. The van der Waals surface area contributed by atoms with Crippen molar-refractivity contribution in [1.29, 1.82) is 0 Å². The fraction of sp³-hybridized carbons (Fsp3) is 0.316. The summed E-state index contributed by atoms with van der Waals surface area (Å²) < 4.78 is 9.32. The van der Waals surface area contributed by atoms with E-state index in [1.165, 1.54) is 23.7 Å². The van der Waals surface area contributed by atoms with E-state index in [0.717, 1.165) is 40.6 Å². The first-order chi connectivity index (χ1) is 14.2. The molecule has 4 heterocycles. The van der Waals surface area contributed by atoms with Gasteiger partial charge in [0, 0.05) is 18.8 Å². The number of rotatable bonds is 4. The summed E-state index contributed by atoms with van der Waals surface area (Å²) in [7, 11) is 0. The Morgan fingerprint density at radius 3 is 2.62 bits per heavy atom. The normalized spacial score (nSPS) is 14.6. The van der Waals surface area contributed by atoms with Gasteiger partial charge in [0.25, 0.3) is 5.78 Å². The second kappa shape index (κ2) is 7.45. The SMILES string of the molecule is Cc1ccc(-n2c(Sc3cc(C)nc4ncnn34)nnc2N2CCOCC2)cc1. The molecule has 1 fully saturated rings. The molecule has 148 valence electrons. The van der Waals surface area contributed by atoms with Crippen molar-refractivity contribution in [1.82, 2.24) is 34.3 Å². The van der Waals surface area contributed by atoms with Crippen molar-refractivity contribution >= 4 is 23.5 Å². The minimum absolute atomic E-state index is 0.572. The molecule has 1 saturated heterocycles. The van der Waals surface area contributed by atoms with Gasteiger partial charge in [-0.25, -0.2) is 4.98 Å². The second-order valence-electron chi connectivity index (χ2n) is 6.86. The molecule has 1 aromatic carbocycles. The maximum Gasteiger partial charge on any atom is 0.253 e. The van der Waals surface area contributed by atoms with E-state index in [2.05, 4.69) is 65.9 Å². The van der Waals surface area contributed by atoms with Crippen LogP contribution in [-0.4, -0.2) is 60.6 Å². The van der Waals surface area contributed by atoms with Crippen molar-refractivity contribution in [3.05, 3.63) is 47.9 Å². The number of fused-ring (bicyclic) bond motifs is 1. The Morgan fingerprint density at radius 2 is 1.83 bits per heavy atom. The Morgan fingerprint density at radius 1 is 1.03 bits per heavy atom. The molecule has 4 aromatic rings. The van der Waals surface area contributed by atoms with Crippen LogP contribution in [0.25, 0.3) is 11.5 Å². The van der Waals surface area contributed by atoms with Gasteiger partial charge in [-0.2, -0.15) is 14.6 Å². The van der Waals surface area contributed by atoms with Crippen molar-refractivity contribution in [2.24, 2.45) is 0 Å². The minimum atomic E-state index is 0.572. The molecule has 0 radical (unpaired) electrons. The number of ether oxygens (including phenoxy) is 1. The highest BCUT2D eigenvalue weighted by Crippen LogP contribution is 2.32. The summed E-state index contributed by atoms with van der Waals surface area (Å²) in [6.45, 7) is 6.98. The van der Waals surface area contributed by atoms with Crippen LogP contribution in [0, 0.1) is 13.8 Å². The Labute approximate surface area is 171 Å². The number of aromatic nitrogens is 7. The number of nitrogens with zero attached hydrogens (tertiary/aromatic N) is 8. The quantitative estimate of drug-likeness (QED) is 0.476. The first-order valence-corrected chi connectivity index (χ1v) is 10.2. The molecule has 0 N–H and O–H groups in total. The van der Waals surface area contributed by atoms with Gasteiger partial charge < -0.3 is 9.64 Å². The van der Waals surface area contributed by atoms with Crippen LogP contribution in [0.5, 0.6) is 0 Å². The molecule has 0 saturated carbocycles. The summed E-state index contributed by atoms with van der Waals surface area (Å²) in [6.07, 6.45) is 1.51. The first-order valence-electron chi connectivity index (χ1n) is 9.39. The maximum absolute atomic E-state index is 5.51. The van der Waals surface area contributed by atoms with Crippen LogP contribution in [0.4, 0.5) is 5.95 Å². The van der Waals surface area contributed by atoms with Crippen LogP contribution in [0.15, 0.2) is 46.8 Å². The summed E-state index contributed by atoms with van der Waals surface area (Å²) in [4.78, 5) is 10.8. The van der Waals surface area contributed by atoms with Crippen molar-refractivity contribution in [2.45, 2.75) is 24.0 Å². The van der Waals surface area contributed by atoms with Crippen LogP contribution < -0.4 is 4.90 Å². The Hall–Kier alpha value is -2.98. The lowest BCUT2D eigenvalue weighted by molar-refractivity contribution is 0.122. The topological polar surface area (TPSA) is 86.3 Å². The van der Waals surface area contributed by atoms with E-state index in [4.69, 9.17) is 4.74 Å². The van der Waals surface area contributed by atoms with Gasteiger partial charge in [0.1, 0.15) is 11.4 Å².